The van der Waals surface area contributed by atoms with Gasteiger partial charge in [-0.1, -0.05) is 0 Å². The fraction of sp³-hybridized carbons (Fsp3) is 0.889. The zero-order valence-corrected chi connectivity index (χ0v) is 18.0. The van der Waals surface area contributed by atoms with Crippen LogP contribution in [0.4, 0.5) is 0 Å². The summed E-state index contributed by atoms with van der Waals surface area (Å²) < 4.78 is 21.4. The molecule has 0 saturated carbocycles. The van der Waals surface area contributed by atoms with Crippen molar-refractivity contribution in [3.05, 3.63) is 0 Å². The molecule has 0 spiro atoms. The Balaban J connectivity index is 2.33. The summed E-state index contributed by atoms with van der Waals surface area (Å²) in [5.74, 6) is -1.79. The van der Waals surface area contributed by atoms with Gasteiger partial charge in [-0.25, -0.2) is 0 Å². The lowest BCUT2D eigenvalue weighted by atomic mass is 9.95. The molecule has 12 unspecified atom stereocenters. The highest BCUT2D eigenvalue weighted by Gasteiger charge is 2.52. The van der Waals surface area contributed by atoms with Crippen LogP contribution >= 0.6 is 0 Å². The Morgan fingerprint density at radius 1 is 0.970 bits per heavy atom. The van der Waals surface area contributed by atoms with Crippen LogP contribution in [0.2, 0.25) is 0 Å². The van der Waals surface area contributed by atoms with E-state index in [1.165, 1.54) is 6.92 Å². The van der Waals surface area contributed by atoms with Crippen LogP contribution in [0.3, 0.4) is 0 Å². The molecule has 0 aliphatic carbocycles. The van der Waals surface area contributed by atoms with Crippen molar-refractivity contribution in [3.8, 4) is 0 Å². The predicted molar refractivity (Wildman–Crippen MR) is 104 cm³/mol. The van der Waals surface area contributed by atoms with Crippen LogP contribution < -0.4 is 11.1 Å². The molecule has 2 saturated heterocycles. The van der Waals surface area contributed by atoms with Crippen molar-refractivity contribution < 1.29 is 64.3 Å². The van der Waals surface area contributed by atoms with Crippen molar-refractivity contribution in [1.29, 1.82) is 0 Å². The zero-order valence-electron chi connectivity index (χ0n) is 18.0. The summed E-state index contributed by atoms with van der Waals surface area (Å²) in [7, 11) is 0. The van der Waals surface area contributed by atoms with E-state index in [1.54, 1.807) is 0 Å². The van der Waals surface area contributed by atoms with Crippen LogP contribution in [0, 0.1) is 0 Å². The number of nitrogens with two attached hydrogens (primary N) is 1. The van der Waals surface area contributed by atoms with E-state index < -0.39 is 98.6 Å². The monoisotopic (exact) mass is 484 g/mol. The fourth-order valence-corrected chi connectivity index (χ4v) is 3.44. The second-order valence-electron chi connectivity index (χ2n) is 7.94. The molecule has 12 atom stereocenters. The smallest absolute Gasteiger partial charge is 0.327 e. The summed E-state index contributed by atoms with van der Waals surface area (Å²) in [5.41, 5.74) is 5.55. The van der Waals surface area contributed by atoms with Crippen LogP contribution in [0.25, 0.3) is 0 Å². The molecule has 2 rings (SSSR count). The Morgan fingerprint density at radius 3 is 2.03 bits per heavy atom. The van der Waals surface area contributed by atoms with Crippen LogP contribution in [0.15, 0.2) is 0 Å². The van der Waals surface area contributed by atoms with Crippen LogP contribution in [0.5, 0.6) is 0 Å². The molecule has 2 aliphatic rings. The molecular weight excluding hydrogens is 452 g/mol. The Morgan fingerprint density at radius 2 is 1.52 bits per heavy atom. The van der Waals surface area contributed by atoms with Crippen LogP contribution in [-0.4, -0.2) is 134 Å². The fourth-order valence-electron chi connectivity index (χ4n) is 3.44. The molecule has 192 valence electrons. The normalized spacial score (nSPS) is 41.2. The molecule has 2 heterocycles. The van der Waals surface area contributed by atoms with Gasteiger partial charge in [-0.2, -0.15) is 0 Å². The van der Waals surface area contributed by atoms with E-state index in [-0.39, 0.29) is 0 Å². The van der Waals surface area contributed by atoms with E-state index >= 15 is 0 Å². The Bertz CT molecular complexity index is 665. The lowest BCUT2D eigenvalue weighted by Gasteiger charge is -2.47. The van der Waals surface area contributed by atoms with Crippen molar-refractivity contribution >= 4 is 11.9 Å². The standard InChI is InChI=1S/C18H32N2O13/c1-5(23)9(19)16(29)33-17-10(20-6(2)24)15(12(26)8(4-22)30-17)32-18-14(28)13(27)11(25)7(3-21)31-18/h5,7-15,17-18,21-23,25-28H,3-4,19H2,1-2H3,(H,20,24). The maximum atomic E-state index is 12.3. The molecule has 1 amide bonds. The number of esters is 1. The Kier molecular flexibility index (Phi) is 9.89. The highest BCUT2D eigenvalue weighted by Crippen LogP contribution is 2.30. The van der Waals surface area contributed by atoms with Gasteiger partial charge in [0.1, 0.15) is 54.8 Å². The third kappa shape index (κ3) is 6.34. The molecule has 0 aromatic carbocycles. The number of carbonyl (C=O) groups is 2. The van der Waals surface area contributed by atoms with E-state index in [9.17, 15) is 45.3 Å². The van der Waals surface area contributed by atoms with E-state index in [0.717, 1.165) is 6.92 Å². The lowest BCUT2D eigenvalue weighted by molar-refractivity contribution is -0.342. The number of hydrogen-bond acceptors (Lipinski definition) is 14. The number of rotatable bonds is 8. The average molecular weight is 484 g/mol. The zero-order chi connectivity index (χ0) is 25.0. The van der Waals surface area contributed by atoms with Crippen molar-refractivity contribution in [1.82, 2.24) is 5.32 Å². The maximum Gasteiger partial charge on any atom is 0.327 e. The van der Waals surface area contributed by atoms with Gasteiger partial charge in [-0.15, -0.1) is 0 Å². The molecular formula is C18H32N2O13. The van der Waals surface area contributed by atoms with Gasteiger partial charge in [-0.3, -0.25) is 9.59 Å². The van der Waals surface area contributed by atoms with Gasteiger partial charge in [0.25, 0.3) is 0 Å². The van der Waals surface area contributed by atoms with Crippen molar-refractivity contribution in [3.63, 3.8) is 0 Å². The molecule has 2 aliphatic heterocycles. The van der Waals surface area contributed by atoms with E-state index in [1.807, 2.05) is 0 Å². The minimum absolute atomic E-state index is 0.665. The van der Waals surface area contributed by atoms with Gasteiger partial charge >= 0.3 is 5.97 Å². The summed E-state index contributed by atoms with van der Waals surface area (Å²) in [4.78, 5) is 24.0. The first-order valence-electron chi connectivity index (χ1n) is 10.2. The van der Waals surface area contributed by atoms with Crippen molar-refractivity contribution in [2.45, 2.75) is 87.3 Å². The van der Waals surface area contributed by atoms with Gasteiger partial charge in [-0.05, 0) is 6.92 Å². The number of ether oxygens (including phenoxy) is 4. The third-order valence-electron chi connectivity index (χ3n) is 5.39. The van der Waals surface area contributed by atoms with Gasteiger partial charge in [0.15, 0.2) is 6.29 Å². The van der Waals surface area contributed by atoms with Gasteiger partial charge in [0.2, 0.25) is 12.2 Å². The van der Waals surface area contributed by atoms with E-state index in [4.69, 9.17) is 24.7 Å². The first-order chi connectivity index (χ1) is 15.4. The largest absolute Gasteiger partial charge is 0.432 e. The van der Waals surface area contributed by atoms with E-state index in [2.05, 4.69) is 5.32 Å². The maximum absolute atomic E-state index is 12.3. The van der Waals surface area contributed by atoms with Crippen LogP contribution in [-0.2, 0) is 28.5 Å². The van der Waals surface area contributed by atoms with E-state index in [0.29, 0.717) is 0 Å². The number of aliphatic hydroxyl groups is 7. The molecule has 2 fully saturated rings. The number of hydrogen-bond donors (Lipinski definition) is 9. The Labute approximate surface area is 188 Å². The molecule has 33 heavy (non-hydrogen) atoms. The summed E-state index contributed by atoms with van der Waals surface area (Å²) in [6.45, 7) is 0.826. The number of nitrogens with one attached hydrogen (secondary N) is 1. The van der Waals surface area contributed by atoms with Gasteiger partial charge in [0.05, 0.1) is 19.3 Å². The minimum Gasteiger partial charge on any atom is -0.432 e. The third-order valence-corrected chi connectivity index (χ3v) is 5.39. The first kappa shape index (κ1) is 27.7. The molecule has 15 heteroatoms. The SMILES string of the molecule is CC(=O)NC1C(OC(=O)C(N)C(C)O)OC(CO)C(O)C1OC1OC(CO)C(O)C(O)C1O. The second kappa shape index (κ2) is 11.8. The van der Waals surface area contributed by atoms with Gasteiger partial charge in [0, 0.05) is 6.92 Å². The molecule has 0 aromatic rings. The second-order valence-corrected chi connectivity index (χ2v) is 7.94. The predicted octanol–water partition coefficient (Wildman–Crippen LogP) is -5.99. The summed E-state index contributed by atoms with van der Waals surface area (Å²) in [6, 6.07) is -2.91. The van der Waals surface area contributed by atoms with Crippen molar-refractivity contribution in [2.24, 2.45) is 5.73 Å². The highest BCUT2D eigenvalue weighted by atomic mass is 16.7. The number of aliphatic hydroxyl groups excluding tert-OH is 7. The quantitative estimate of drug-likeness (QED) is 0.145. The minimum atomic E-state index is -1.84. The molecule has 10 N–H and O–H groups in total. The Hall–Kier alpha value is -1.50. The molecule has 15 nitrogen and oxygen atoms in total. The van der Waals surface area contributed by atoms with Crippen molar-refractivity contribution in [2.75, 3.05) is 13.2 Å². The highest BCUT2D eigenvalue weighted by molar-refractivity contribution is 5.76. The first-order valence-corrected chi connectivity index (χ1v) is 10.2. The molecule has 0 bridgehead atoms. The molecule has 0 radical (unpaired) electrons. The summed E-state index contributed by atoms with van der Waals surface area (Å²) in [5, 5.41) is 71.6. The van der Waals surface area contributed by atoms with Crippen LogP contribution in [0.1, 0.15) is 13.8 Å². The average Bonchev–Trinajstić information content (AvgIpc) is 2.76. The summed E-state index contributed by atoms with van der Waals surface area (Å²) in [6.07, 6.45) is -15.9. The lowest BCUT2D eigenvalue weighted by Crippen LogP contribution is -2.68. The molecule has 0 aromatic heterocycles. The topological polar surface area (TPSA) is 251 Å². The number of carbonyl (C=O) groups excluding carboxylic acids is 2. The van der Waals surface area contributed by atoms with Gasteiger partial charge < -0.3 is 65.7 Å². The number of amides is 1. The summed E-state index contributed by atoms with van der Waals surface area (Å²) >= 11 is 0.